The molecule has 6 heteroatoms. The molecule has 0 saturated carbocycles. The van der Waals surface area contributed by atoms with E-state index >= 15 is 0 Å². The van der Waals surface area contributed by atoms with E-state index < -0.39 is 0 Å². The second-order valence-electron chi connectivity index (χ2n) is 4.90. The topological polar surface area (TPSA) is 54.9 Å². The van der Waals surface area contributed by atoms with Gasteiger partial charge in [0.2, 0.25) is 5.91 Å². The van der Waals surface area contributed by atoms with Crippen LogP contribution in [0.1, 0.15) is 11.4 Å². The fraction of sp³-hybridized carbons (Fsp3) is 0.118. The number of halogens is 1. The van der Waals surface area contributed by atoms with E-state index in [-0.39, 0.29) is 11.7 Å². The van der Waals surface area contributed by atoms with Gasteiger partial charge in [-0.25, -0.2) is 9.37 Å². The van der Waals surface area contributed by atoms with Crippen LogP contribution in [0.4, 0.5) is 10.1 Å². The molecule has 4 nitrogen and oxygen atoms in total. The Morgan fingerprint density at radius 2 is 1.96 bits per heavy atom. The summed E-state index contributed by atoms with van der Waals surface area (Å²) >= 11 is 1.51. The molecule has 0 aliphatic carbocycles. The quantitative estimate of drug-likeness (QED) is 0.773. The summed E-state index contributed by atoms with van der Waals surface area (Å²) in [6.45, 7) is 0. The maximum Gasteiger partial charge on any atom is 0.224 e. The highest BCUT2D eigenvalue weighted by atomic mass is 32.1. The number of amides is 1. The van der Waals surface area contributed by atoms with Crippen LogP contribution in [0, 0.1) is 5.82 Å². The molecule has 1 aromatic carbocycles. The first-order valence-corrected chi connectivity index (χ1v) is 8.00. The first kappa shape index (κ1) is 15.3. The molecule has 2 heterocycles. The summed E-state index contributed by atoms with van der Waals surface area (Å²) in [5, 5.41) is 5.57. The number of hydrogen-bond donors (Lipinski definition) is 1. The minimum atomic E-state index is -0.326. The monoisotopic (exact) mass is 327 g/mol. The lowest BCUT2D eigenvalue weighted by Gasteiger charge is -2.04. The summed E-state index contributed by atoms with van der Waals surface area (Å²) in [6, 6.07) is 11.4. The minimum Gasteiger partial charge on any atom is -0.326 e. The molecule has 2 aromatic heterocycles. The summed E-state index contributed by atoms with van der Waals surface area (Å²) in [5.74, 6) is -0.445. The number of thiazole rings is 1. The van der Waals surface area contributed by atoms with Crippen molar-refractivity contribution in [3.8, 4) is 11.4 Å². The van der Waals surface area contributed by atoms with Gasteiger partial charge in [0.05, 0.1) is 16.4 Å². The van der Waals surface area contributed by atoms with Gasteiger partial charge < -0.3 is 5.32 Å². The first-order chi connectivity index (χ1) is 11.2. The van der Waals surface area contributed by atoms with Gasteiger partial charge in [0.25, 0.3) is 0 Å². The molecule has 1 N–H and O–H groups in total. The molecular formula is C17H14FN3OS. The standard InChI is InChI=1S/C17H14FN3OS/c18-12-4-6-13(7-5-12)20-16(22)8-9-17-21-15(11-23-17)14-3-1-2-10-19-14/h1-7,10-11H,8-9H2,(H,20,22). The minimum absolute atomic E-state index is 0.119. The van der Waals surface area contributed by atoms with Crippen LogP contribution in [0.5, 0.6) is 0 Å². The number of nitrogens with zero attached hydrogens (tertiary/aromatic N) is 2. The second-order valence-corrected chi connectivity index (χ2v) is 5.84. The van der Waals surface area contributed by atoms with Gasteiger partial charge in [-0.3, -0.25) is 9.78 Å². The summed E-state index contributed by atoms with van der Waals surface area (Å²) in [6.07, 6.45) is 2.61. The number of pyridine rings is 1. The lowest BCUT2D eigenvalue weighted by atomic mass is 10.2. The van der Waals surface area contributed by atoms with Crippen molar-refractivity contribution in [3.05, 3.63) is 64.9 Å². The molecular weight excluding hydrogens is 313 g/mol. The Kier molecular flexibility index (Phi) is 4.73. The largest absolute Gasteiger partial charge is 0.326 e. The van der Waals surface area contributed by atoms with Gasteiger partial charge in [-0.05, 0) is 36.4 Å². The summed E-state index contributed by atoms with van der Waals surface area (Å²) in [5.41, 5.74) is 2.24. The van der Waals surface area contributed by atoms with Crippen molar-refractivity contribution in [2.75, 3.05) is 5.32 Å². The van der Waals surface area contributed by atoms with E-state index in [0.717, 1.165) is 16.4 Å². The number of anilines is 1. The number of aromatic nitrogens is 2. The van der Waals surface area contributed by atoms with Crippen LogP contribution in [0.25, 0.3) is 11.4 Å². The van der Waals surface area contributed by atoms with Gasteiger partial charge in [0.1, 0.15) is 5.82 Å². The number of carbonyl (C=O) groups is 1. The lowest BCUT2D eigenvalue weighted by Crippen LogP contribution is -2.12. The number of nitrogens with one attached hydrogen (secondary N) is 1. The van der Waals surface area contributed by atoms with Crippen LogP contribution in [0.3, 0.4) is 0 Å². The van der Waals surface area contributed by atoms with Gasteiger partial charge in [0, 0.05) is 30.1 Å². The zero-order chi connectivity index (χ0) is 16.1. The molecule has 0 unspecified atom stereocenters. The van der Waals surface area contributed by atoms with Crippen LogP contribution < -0.4 is 5.32 Å². The molecule has 0 radical (unpaired) electrons. The van der Waals surface area contributed by atoms with E-state index in [1.807, 2.05) is 23.6 Å². The van der Waals surface area contributed by atoms with Gasteiger partial charge in [-0.15, -0.1) is 11.3 Å². The number of carbonyl (C=O) groups excluding carboxylic acids is 1. The van der Waals surface area contributed by atoms with Crippen LogP contribution in [0.15, 0.2) is 54.0 Å². The van der Waals surface area contributed by atoms with Crippen molar-refractivity contribution >= 4 is 22.9 Å². The smallest absolute Gasteiger partial charge is 0.224 e. The van der Waals surface area contributed by atoms with Crippen LogP contribution >= 0.6 is 11.3 Å². The van der Waals surface area contributed by atoms with E-state index in [9.17, 15) is 9.18 Å². The number of hydrogen-bond acceptors (Lipinski definition) is 4. The molecule has 0 spiro atoms. The highest BCUT2D eigenvalue weighted by Crippen LogP contribution is 2.20. The van der Waals surface area contributed by atoms with Gasteiger partial charge in [0.15, 0.2) is 0 Å². The van der Waals surface area contributed by atoms with E-state index in [1.54, 1.807) is 6.20 Å². The van der Waals surface area contributed by atoms with Crippen molar-refractivity contribution in [2.24, 2.45) is 0 Å². The Labute approximate surface area is 137 Å². The molecule has 0 aliphatic heterocycles. The van der Waals surface area contributed by atoms with Crippen LogP contribution in [-0.4, -0.2) is 15.9 Å². The Balaban J connectivity index is 1.55. The zero-order valence-electron chi connectivity index (χ0n) is 12.2. The third-order valence-corrected chi connectivity index (χ3v) is 4.08. The fourth-order valence-electron chi connectivity index (χ4n) is 2.03. The van der Waals surface area contributed by atoms with Crippen molar-refractivity contribution < 1.29 is 9.18 Å². The maximum atomic E-state index is 12.8. The molecule has 0 saturated heterocycles. The molecule has 0 atom stereocenters. The van der Waals surface area contributed by atoms with Crippen molar-refractivity contribution in [1.82, 2.24) is 9.97 Å². The first-order valence-electron chi connectivity index (χ1n) is 7.12. The number of rotatable bonds is 5. The maximum absolute atomic E-state index is 12.8. The van der Waals surface area contributed by atoms with Crippen LogP contribution in [-0.2, 0) is 11.2 Å². The van der Waals surface area contributed by atoms with Gasteiger partial charge in [-0.1, -0.05) is 6.07 Å². The zero-order valence-corrected chi connectivity index (χ0v) is 13.0. The normalized spacial score (nSPS) is 10.5. The molecule has 23 heavy (non-hydrogen) atoms. The summed E-state index contributed by atoms with van der Waals surface area (Å²) in [4.78, 5) is 20.7. The molecule has 0 aliphatic rings. The Morgan fingerprint density at radius 1 is 1.13 bits per heavy atom. The van der Waals surface area contributed by atoms with Crippen LogP contribution in [0.2, 0.25) is 0 Å². The highest BCUT2D eigenvalue weighted by Gasteiger charge is 2.08. The Morgan fingerprint density at radius 3 is 2.70 bits per heavy atom. The van der Waals surface area contributed by atoms with Crippen molar-refractivity contribution in [1.29, 1.82) is 0 Å². The third kappa shape index (κ3) is 4.20. The average Bonchev–Trinajstić information content (AvgIpc) is 3.05. The molecule has 0 bridgehead atoms. The third-order valence-electron chi connectivity index (χ3n) is 3.17. The van der Waals surface area contributed by atoms with E-state index in [2.05, 4.69) is 15.3 Å². The Bertz CT molecular complexity index is 787. The number of aryl methyl sites for hydroxylation is 1. The van der Waals surface area contributed by atoms with Crippen molar-refractivity contribution in [2.45, 2.75) is 12.8 Å². The van der Waals surface area contributed by atoms with Gasteiger partial charge in [-0.2, -0.15) is 0 Å². The fourth-order valence-corrected chi connectivity index (χ4v) is 2.83. The predicted octanol–water partition coefficient (Wildman–Crippen LogP) is 3.92. The summed E-state index contributed by atoms with van der Waals surface area (Å²) < 4.78 is 12.8. The molecule has 3 rings (SSSR count). The highest BCUT2D eigenvalue weighted by molar-refractivity contribution is 7.09. The van der Waals surface area contributed by atoms with E-state index in [0.29, 0.717) is 18.5 Å². The Hall–Kier alpha value is -2.60. The van der Waals surface area contributed by atoms with E-state index in [4.69, 9.17) is 0 Å². The second kappa shape index (κ2) is 7.11. The average molecular weight is 327 g/mol. The van der Waals surface area contributed by atoms with Gasteiger partial charge >= 0.3 is 0 Å². The molecule has 116 valence electrons. The summed E-state index contributed by atoms with van der Waals surface area (Å²) in [7, 11) is 0. The molecule has 0 fully saturated rings. The molecule has 3 aromatic rings. The lowest BCUT2D eigenvalue weighted by molar-refractivity contribution is -0.116. The molecule has 1 amide bonds. The van der Waals surface area contributed by atoms with Crippen molar-refractivity contribution in [3.63, 3.8) is 0 Å². The van der Waals surface area contributed by atoms with E-state index in [1.165, 1.54) is 35.6 Å². The SMILES string of the molecule is O=C(CCc1nc(-c2ccccn2)cs1)Nc1ccc(F)cc1. The predicted molar refractivity (Wildman–Crippen MR) is 88.7 cm³/mol. The number of benzene rings is 1.